The zero-order valence-corrected chi connectivity index (χ0v) is 9.41. The Morgan fingerprint density at radius 1 is 1.47 bits per heavy atom. The Morgan fingerprint density at radius 3 is 2.87 bits per heavy atom. The van der Waals surface area contributed by atoms with E-state index in [1.807, 2.05) is 0 Å². The van der Waals surface area contributed by atoms with Crippen LogP contribution in [0, 0.1) is 0 Å². The Bertz CT molecular complexity index is 234. The van der Waals surface area contributed by atoms with Crippen LogP contribution in [0.25, 0.3) is 0 Å². The molecular weight excluding hydrogens is 190 g/mol. The maximum atomic E-state index is 5.96. The van der Waals surface area contributed by atoms with Crippen LogP contribution >= 0.6 is 0 Å². The predicted molar refractivity (Wildman–Crippen MR) is 60.5 cm³/mol. The molecule has 3 N–H and O–H groups in total. The topological polar surface area (TPSA) is 50.5 Å². The molecule has 0 aromatic rings. The van der Waals surface area contributed by atoms with Crippen molar-refractivity contribution in [3.05, 3.63) is 11.8 Å². The molecule has 1 saturated heterocycles. The first kappa shape index (κ1) is 10.9. The number of piperidine rings is 1. The van der Waals surface area contributed by atoms with Gasteiger partial charge < -0.3 is 20.7 Å². The van der Waals surface area contributed by atoms with Crippen molar-refractivity contribution in [2.45, 2.75) is 25.0 Å². The number of nitrogens with one attached hydrogen (secondary N) is 1. The van der Waals surface area contributed by atoms with E-state index in [0.29, 0.717) is 6.10 Å². The minimum absolute atomic E-state index is 0.0402. The molecule has 0 aromatic heterocycles. The number of hydrogen-bond acceptors (Lipinski definition) is 4. The van der Waals surface area contributed by atoms with Crippen molar-refractivity contribution in [3.63, 3.8) is 0 Å². The lowest BCUT2D eigenvalue weighted by atomic mass is 10.1. The second-order valence-electron chi connectivity index (χ2n) is 4.49. The molecule has 1 atom stereocenters. The molecule has 2 rings (SSSR count). The van der Waals surface area contributed by atoms with E-state index in [1.54, 1.807) is 0 Å². The lowest BCUT2D eigenvalue weighted by Gasteiger charge is -2.32. The van der Waals surface area contributed by atoms with Crippen LogP contribution in [0.3, 0.4) is 0 Å². The maximum Gasteiger partial charge on any atom is 0.112 e. The third-order valence-electron chi connectivity index (χ3n) is 3.15. The van der Waals surface area contributed by atoms with Crippen molar-refractivity contribution < 1.29 is 4.74 Å². The molecule has 0 radical (unpaired) electrons. The molecule has 0 aromatic carbocycles. The minimum atomic E-state index is 0.0402. The molecule has 2 heterocycles. The van der Waals surface area contributed by atoms with E-state index in [-0.39, 0.29) is 6.04 Å². The van der Waals surface area contributed by atoms with Gasteiger partial charge in [0.1, 0.15) is 11.9 Å². The summed E-state index contributed by atoms with van der Waals surface area (Å²) in [5, 5.41) is 3.22. The fourth-order valence-electron chi connectivity index (χ4n) is 2.09. The zero-order chi connectivity index (χ0) is 10.7. The van der Waals surface area contributed by atoms with Crippen molar-refractivity contribution in [2.24, 2.45) is 5.73 Å². The molecule has 4 heteroatoms. The summed E-state index contributed by atoms with van der Waals surface area (Å²) >= 11 is 0. The smallest absolute Gasteiger partial charge is 0.112 e. The molecular formula is C11H21N3O. The molecule has 4 nitrogen and oxygen atoms in total. The van der Waals surface area contributed by atoms with Gasteiger partial charge in [-0.25, -0.2) is 0 Å². The largest absolute Gasteiger partial charge is 0.493 e. The Kier molecular flexibility index (Phi) is 3.61. The highest BCUT2D eigenvalue weighted by molar-refractivity contribution is 5.08. The van der Waals surface area contributed by atoms with Crippen LogP contribution < -0.4 is 11.1 Å². The quantitative estimate of drug-likeness (QED) is 0.670. The first-order valence-electron chi connectivity index (χ1n) is 5.77. The maximum absolute atomic E-state index is 5.96. The highest BCUT2D eigenvalue weighted by Crippen LogP contribution is 2.17. The van der Waals surface area contributed by atoms with Gasteiger partial charge in [-0.2, -0.15) is 0 Å². The number of ether oxygens (including phenoxy) is 1. The Hall–Kier alpha value is -0.580. The van der Waals surface area contributed by atoms with Crippen LogP contribution in [0.15, 0.2) is 11.8 Å². The van der Waals surface area contributed by atoms with E-state index < -0.39 is 0 Å². The number of nitrogens with zero attached hydrogens (tertiary/aromatic N) is 1. The van der Waals surface area contributed by atoms with Crippen LogP contribution in [0.4, 0.5) is 0 Å². The predicted octanol–water partition coefficient (Wildman–Crippen LogP) is -0.0884. The third-order valence-corrected chi connectivity index (χ3v) is 3.15. The van der Waals surface area contributed by atoms with E-state index in [0.717, 1.165) is 44.8 Å². The molecule has 0 saturated carbocycles. The SMILES string of the molecule is CN1CCC(OC2=CCNCC2N)CC1. The van der Waals surface area contributed by atoms with Crippen LogP contribution in [0.2, 0.25) is 0 Å². The summed E-state index contributed by atoms with van der Waals surface area (Å²) in [6.45, 7) is 3.98. The van der Waals surface area contributed by atoms with Gasteiger partial charge in [0.05, 0.1) is 6.04 Å². The Balaban J connectivity index is 1.83. The zero-order valence-electron chi connectivity index (χ0n) is 9.41. The molecule has 1 unspecified atom stereocenters. The van der Waals surface area contributed by atoms with E-state index in [9.17, 15) is 0 Å². The molecule has 0 spiro atoms. The first-order chi connectivity index (χ1) is 7.25. The van der Waals surface area contributed by atoms with Crippen molar-refractivity contribution in [2.75, 3.05) is 33.2 Å². The summed E-state index contributed by atoms with van der Waals surface area (Å²) in [6, 6.07) is 0.0402. The summed E-state index contributed by atoms with van der Waals surface area (Å²) in [4.78, 5) is 2.34. The van der Waals surface area contributed by atoms with Crippen molar-refractivity contribution in [1.29, 1.82) is 0 Å². The van der Waals surface area contributed by atoms with Crippen molar-refractivity contribution in [1.82, 2.24) is 10.2 Å². The van der Waals surface area contributed by atoms with Gasteiger partial charge in [-0.15, -0.1) is 0 Å². The minimum Gasteiger partial charge on any atom is -0.493 e. The standard InChI is InChI=1S/C11H21N3O/c1-14-6-3-9(4-7-14)15-11-2-5-13-8-10(11)12/h2,9-10,13H,3-8,12H2,1H3. The Morgan fingerprint density at radius 2 is 2.20 bits per heavy atom. The van der Waals surface area contributed by atoms with E-state index >= 15 is 0 Å². The fraction of sp³-hybridized carbons (Fsp3) is 0.818. The van der Waals surface area contributed by atoms with Gasteiger partial charge in [0.25, 0.3) is 0 Å². The molecule has 15 heavy (non-hydrogen) atoms. The molecule has 0 bridgehead atoms. The van der Waals surface area contributed by atoms with Crippen LogP contribution in [0.1, 0.15) is 12.8 Å². The van der Waals surface area contributed by atoms with E-state index in [2.05, 4.69) is 23.3 Å². The second kappa shape index (κ2) is 4.96. The van der Waals surface area contributed by atoms with E-state index in [4.69, 9.17) is 10.5 Å². The highest BCUT2D eigenvalue weighted by atomic mass is 16.5. The molecule has 0 aliphatic carbocycles. The van der Waals surface area contributed by atoms with Crippen LogP contribution in [0.5, 0.6) is 0 Å². The van der Waals surface area contributed by atoms with Gasteiger partial charge in [0, 0.05) is 26.2 Å². The van der Waals surface area contributed by atoms with Gasteiger partial charge in [0.15, 0.2) is 0 Å². The summed E-state index contributed by atoms with van der Waals surface area (Å²) in [5.41, 5.74) is 5.96. The fourth-order valence-corrected chi connectivity index (χ4v) is 2.09. The first-order valence-corrected chi connectivity index (χ1v) is 5.77. The Labute approximate surface area is 91.5 Å². The molecule has 0 amide bonds. The summed E-state index contributed by atoms with van der Waals surface area (Å²) in [5.74, 6) is 0.989. The van der Waals surface area contributed by atoms with E-state index in [1.165, 1.54) is 0 Å². The average molecular weight is 211 g/mol. The molecule has 2 aliphatic rings. The van der Waals surface area contributed by atoms with Gasteiger partial charge in [-0.05, 0) is 26.0 Å². The number of rotatable bonds is 2. The monoisotopic (exact) mass is 211 g/mol. The van der Waals surface area contributed by atoms with Crippen molar-refractivity contribution in [3.8, 4) is 0 Å². The van der Waals surface area contributed by atoms with Crippen LogP contribution in [-0.2, 0) is 4.74 Å². The lowest BCUT2D eigenvalue weighted by Crippen LogP contribution is -2.42. The molecule has 2 aliphatic heterocycles. The lowest BCUT2D eigenvalue weighted by molar-refractivity contribution is 0.0484. The van der Waals surface area contributed by atoms with Gasteiger partial charge in [-0.3, -0.25) is 0 Å². The van der Waals surface area contributed by atoms with Crippen LogP contribution in [-0.4, -0.2) is 50.3 Å². The molecule has 1 fully saturated rings. The second-order valence-corrected chi connectivity index (χ2v) is 4.49. The number of likely N-dealkylation sites (tertiary alicyclic amines) is 1. The summed E-state index contributed by atoms with van der Waals surface area (Å²) in [6.07, 6.45) is 4.69. The highest BCUT2D eigenvalue weighted by Gasteiger charge is 2.22. The van der Waals surface area contributed by atoms with Gasteiger partial charge in [-0.1, -0.05) is 0 Å². The normalized spacial score (nSPS) is 30.0. The van der Waals surface area contributed by atoms with Gasteiger partial charge >= 0.3 is 0 Å². The summed E-state index contributed by atoms with van der Waals surface area (Å²) < 4.78 is 5.96. The molecule has 86 valence electrons. The average Bonchev–Trinajstić information content (AvgIpc) is 2.25. The van der Waals surface area contributed by atoms with Gasteiger partial charge in [0.2, 0.25) is 0 Å². The number of hydrogen-bond donors (Lipinski definition) is 2. The third kappa shape index (κ3) is 2.93. The number of nitrogens with two attached hydrogens (primary N) is 1. The summed E-state index contributed by atoms with van der Waals surface area (Å²) in [7, 11) is 2.16. The van der Waals surface area contributed by atoms with Crippen molar-refractivity contribution >= 4 is 0 Å².